The highest BCUT2D eigenvalue weighted by atomic mass is 35.5. The number of hydrogen-bond acceptors (Lipinski definition) is 3. The molecule has 0 aliphatic rings. The second-order valence-corrected chi connectivity index (χ2v) is 7.92. The van der Waals surface area contributed by atoms with E-state index in [0.717, 1.165) is 22.4 Å². The van der Waals surface area contributed by atoms with Crippen LogP contribution in [0.1, 0.15) is 23.6 Å². The molecule has 0 saturated carbocycles. The Hall–Kier alpha value is -3.31. The summed E-state index contributed by atoms with van der Waals surface area (Å²) in [5.41, 5.74) is 2.72. The van der Waals surface area contributed by atoms with E-state index in [4.69, 9.17) is 16.3 Å². The molecule has 3 aromatic rings. The quantitative estimate of drug-likeness (QED) is 0.517. The Morgan fingerprint density at radius 3 is 2.22 bits per heavy atom. The van der Waals surface area contributed by atoms with Gasteiger partial charge in [-0.15, -0.1) is 0 Å². The van der Waals surface area contributed by atoms with E-state index in [1.807, 2.05) is 72.8 Å². The van der Waals surface area contributed by atoms with Gasteiger partial charge in [-0.25, -0.2) is 0 Å². The summed E-state index contributed by atoms with van der Waals surface area (Å²) in [6, 6.07) is 23.9. The number of amides is 2. The number of methoxy groups -OCH3 is 1. The SMILES string of the molecule is COc1ccc(CN(C(C)=O)[C@H](Cc2ccccc2)C(=O)NCc2ccccc2Cl)cc1. The van der Waals surface area contributed by atoms with Crippen molar-refractivity contribution >= 4 is 23.4 Å². The van der Waals surface area contributed by atoms with Crippen molar-refractivity contribution in [2.75, 3.05) is 7.11 Å². The first-order valence-electron chi connectivity index (χ1n) is 10.4. The van der Waals surface area contributed by atoms with Crippen LogP contribution in [-0.2, 0) is 29.1 Å². The van der Waals surface area contributed by atoms with Gasteiger partial charge < -0.3 is 15.0 Å². The standard InChI is InChI=1S/C26H27ClN2O3/c1-19(30)29(18-21-12-14-23(32-2)15-13-21)25(16-20-8-4-3-5-9-20)26(31)28-17-22-10-6-7-11-24(22)27/h3-15,25H,16-18H2,1-2H3,(H,28,31)/t25-/m1/s1. The number of carbonyl (C=O) groups is 2. The average Bonchev–Trinajstić information content (AvgIpc) is 2.81. The molecular formula is C26H27ClN2O3. The summed E-state index contributed by atoms with van der Waals surface area (Å²) >= 11 is 6.24. The number of halogens is 1. The number of nitrogens with one attached hydrogen (secondary N) is 1. The fourth-order valence-corrected chi connectivity index (χ4v) is 3.69. The Morgan fingerprint density at radius 1 is 0.938 bits per heavy atom. The summed E-state index contributed by atoms with van der Waals surface area (Å²) < 4.78 is 5.21. The smallest absolute Gasteiger partial charge is 0.243 e. The van der Waals surface area contributed by atoms with Crippen LogP contribution in [0.3, 0.4) is 0 Å². The Morgan fingerprint density at radius 2 is 1.59 bits per heavy atom. The maximum Gasteiger partial charge on any atom is 0.243 e. The number of rotatable bonds is 9. The van der Waals surface area contributed by atoms with Crippen LogP contribution in [0.2, 0.25) is 5.02 Å². The average molecular weight is 451 g/mol. The molecule has 0 heterocycles. The zero-order valence-electron chi connectivity index (χ0n) is 18.3. The minimum absolute atomic E-state index is 0.172. The largest absolute Gasteiger partial charge is 0.497 e. The number of benzene rings is 3. The molecule has 1 atom stereocenters. The zero-order chi connectivity index (χ0) is 22.9. The summed E-state index contributed by atoms with van der Waals surface area (Å²) in [6.07, 6.45) is 0.408. The lowest BCUT2D eigenvalue weighted by Gasteiger charge is -2.30. The van der Waals surface area contributed by atoms with Crippen LogP contribution in [0.5, 0.6) is 5.75 Å². The highest BCUT2D eigenvalue weighted by molar-refractivity contribution is 6.31. The summed E-state index contributed by atoms with van der Waals surface area (Å²) in [5.74, 6) is 0.341. The number of nitrogens with zero attached hydrogens (tertiary/aromatic N) is 1. The predicted molar refractivity (Wildman–Crippen MR) is 126 cm³/mol. The first kappa shape index (κ1) is 23.4. The van der Waals surface area contributed by atoms with Crippen LogP contribution in [0, 0.1) is 0 Å². The van der Waals surface area contributed by atoms with Crippen molar-refractivity contribution in [3.8, 4) is 5.75 Å². The molecule has 5 nitrogen and oxygen atoms in total. The van der Waals surface area contributed by atoms with E-state index < -0.39 is 6.04 Å². The summed E-state index contributed by atoms with van der Waals surface area (Å²) in [7, 11) is 1.61. The van der Waals surface area contributed by atoms with E-state index in [9.17, 15) is 9.59 Å². The van der Waals surface area contributed by atoms with E-state index in [1.54, 1.807) is 18.1 Å². The third kappa shape index (κ3) is 6.34. The summed E-state index contributed by atoms with van der Waals surface area (Å²) in [4.78, 5) is 27.5. The molecule has 0 radical (unpaired) electrons. The molecule has 0 saturated heterocycles. The molecule has 6 heteroatoms. The molecule has 0 aliphatic carbocycles. The predicted octanol–water partition coefficient (Wildman–Crippen LogP) is 4.62. The molecule has 3 rings (SSSR count). The molecule has 0 aliphatic heterocycles. The highest BCUT2D eigenvalue weighted by Gasteiger charge is 2.28. The van der Waals surface area contributed by atoms with Gasteiger partial charge in [-0.1, -0.05) is 72.3 Å². The Bertz CT molecular complexity index is 1040. The van der Waals surface area contributed by atoms with E-state index in [-0.39, 0.29) is 18.4 Å². The maximum atomic E-state index is 13.3. The van der Waals surface area contributed by atoms with Gasteiger partial charge in [-0.05, 0) is 34.9 Å². The lowest BCUT2D eigenvalue weighted by molar-refractivity contribution is -0.139. The Kier molecular flexibility index (Phi) is 8.28. The molecule has 0 bridgehead atoms. The van der Waals surface area contributed by atoms with Crippen molar-refractivity contribution in [1.82, 2.24) is 10.2 Å². The van der Waals surface area contributed by atoms with Gasteiger partial charge in [-0.2, -0.15) is 0 Å². The normalized spacial score (nSPS) is 11.5. The Labute approximate surface area is 194 Å². The van der Waals surface area contributed by atoms with Crippen molar-refractivity contribution < 1.29 is 14.3 Å². The lowest BCUT2D eigenvalue weighted by atomic mass is 10.0. The summed E-state index contributed by atoms with van der Waals surface area (Å²) in [6.45, 7) is 2.09. The van der Waals surface area contributed by atoms with Gasteiger partial charge in [0.15, 0.2) is 0 Å². The monoisotopic (exact) mass is 450 g/mol. The van der Waals surface area contributed by atoms with E-state index >= 15 is 0 Å². The molecular weight excluding hydrogens is 424 g/mol. The van der Waals surface area contributed by atoms with Gasteiger partial charge in [0.25, 0.3) is 0 Å². The van der Waals surface area contributed by atoms with Crippen LogP contribution in [0.25, 0.3) is 0 Å². The molecule has 0 spiro atoms. The van der Waals surface area contributed by atoms with Crippen molar-refractivity contribution in [3.05, 3.63) is 101 Å². The van der Waals surface area contributed by atoms with Gasteiger partial charge in [0.05, 0.1) is 7.11 Å². The molecule has 3 aromatic carbocycles. The first-order chi connectivity index (χ1) is 15.5. The minimum atomic E-state index is -0.667. The number of carbonyl (C=O) groups excluding carboxylic acids is 2. The van der Waals surface area contributed by atoms with E-state index in [0.29, 0.717) is 18.0 Å². The van der Waals surface area contributed by atoms with Crippen LogP contribution < -0.4 is 10.1 Å². The van der Waals surface area contributed by atoms with Crippen molar-refractivity contribution in [3.63, 3.8) is 0 Å². The fourth-order valence-electron chi connectivity index (χ4n) is 3.49. The molecule has 1 N–H and O–H groups in total. The first-order valence-corrected chi connectivity index (χ1v) is 10.8. The van der Waals surface area contributed by atoms with Gasteiger partial charge in [-0.3, -0.25) is 9.59 Å². The molecule has 0 unspecified atom stereocenters. The second-order valence-electron chi connectivity index (χ2n) is 7.51. The zero-order valence-corrected chi connectivity index (χ0v) is 19.0. The topological polar surface area (TPSA) is 58.6 Å². The van der Waals surface area contributed by atoms with Crippen LogP contribution in [-0.4, -0.2) is 29.9 Å². The third-order valence-corrected chi connectivity index (χ3v) is 5.65. The molecule has 166 valence electrons. The van der Waals surface area contributed by atoms with Crippen LogP contribution in [0.15, 0.2) is 78.9 Å². The van der Waals surface area contributed by atoms with Crippen molar-refractivity contribution in [2.24, 2.45) is 0 Å². The van der Waals surface area contributed by atoms with E-state index in [1.165, 1.54) is 6.92 Å². The third-order valence-electron chi connectivity index (χ3n) is 5.28. The Balaban J connectivity index is 1.83. The molecule has 2 amide bonds. The molecule has 0 fully saturated rings. The van der Waals surface area contributed by atoms with Crippen LogP contribution >= 0.6 is 11.6 Å². The fraction of sp³-hybridized carbons (Fsp3) is 0.231. The second kappa shape index (κ2) is 11.3. The molecule has 32 heavy (non-hydrogen) atoms. The maximum absolute atomic E-state index is 13.3. The van der Waals surface area contributed by atoms with E-state index in [2.05, 4.69) is 5.32 Å². The van der Waals surface area contributed by atoms with Crippen molar-refractivity contribution in [1.29, 1.82) is 0 Å². The van der Waals surface area contributed by atoms with Gasteiger partial charge in [0, 0.05) is 31.5 Å². The molecule has 0 aromatic heterocycles. The number of hydrogen-bond donors (Lipinski definition) is 1. The minimum Gasteiger partial charge on any atom is -0.497 e. The van der Waals surface area contributed by atoms with Crippen molar-refractivity contribution in [2.45, 2.75) is 32.5 Å². The lowest BCUT2D eigenvalue weighted by Crippen LogP contribution is -2.49. The number of ether oxygens (including phenoxy) is 1. The van der Waals surface area contributed by atoms with Gasteiger partial charge >= 0.3 is 0 Å². The van der Waals surface area contributed by atoms with Crippen LogP contribution in [0.4, 0.5) is 0 Å². The van der Waals surface area contributed by atoms with Gasteiger partial charge in [0.2, 0.25) is 11.8 Å². The van der Waals surface area contributed by atoms with Gasteiger partial charge in [0.1, 0.15) is 11.8 Å². The summed E-state index contributed by atoms with van der Waals surface area (Å²) in [5, 5.41) is 3.55. The highest BCUT2D eigenvalue weighted by Crippen LogP contribution is 2.18.